The SMILES string of the molecule is CC(C)CCCC(C)CCCC(C)CCCC(=O)OCC(F)(F)F. The number of ether oxygens (including phenoxy) is 1. The first-order valence-corrected chi connectivity index (χ1v) is 9.32. The van der Waals surface area contributed by atoms with E-state index in [1.165, 1.54) is 32.1 Å². The monoisotopic (exact) mass is 352 g/mol. The van der Waals surface area contributed by atoms with E-state index in [1.54, 1.807) is 0 Å². The summed E-state index contributed by atoms with van der Waals surface area (Å²) in [5.41, 5.74) is 0. The summed E-state index contributed by atoms with van der Waals surface area (Å²) in [5.74, 6) is 1.29. The Morgan fingerprint density at radius 3 is 1.75 bits per heavy atom. The van der Waals surface area contributed by atoms with Crippen molar-refractivity contribution >= 4 is 5.97 Å². The van der Waals surface area contributed by atoms with Crippen molar-refractivity contribution in [3.05, 3.63) is 0 Å². The third kappa shape index (κ3) is 16.1. The zero-order valence-electron chi connectivity index (χ0n) is 15.8. The predicted molar refractivity (Wildman–Crippen MR) is 91.7 cm³/mol. The van der Waals surface area contributed by atoms with Crippen molar-refractivity contribution in [1.82, 2.24) is 0 Å². The van der Waals surface area contributed by atoms with Crippen LogP contribution >= 0.6 is 0 Å². The lowest BCUT2D eigenvalue weighted by molar-refractivity contribution is -0.186. The van der Waals surface area contributed by atoms with E-state index in [4.69, 9.17) is 0 Å². The van der Waals surface area contributed by atoms with Crippen molar-refractivity contribution < 1.29 is 22.7 Å². The maximum Gasteiger partial charge on any atom is 0.422 e. The molecule has 0 spiro atoms. The summed E-state index contributed by atoms with van der Waals surface area (Å²) >= 11 is 0. The molecule has 0 aliphatic rings. The van der Waals surface area contributed by atoms with Gasteiger partial charge in [-0.15, -0.1) is 0 Å². The molecule has 2 nitrogen and oxygen atoms in total. The van der Waals surface area contributed by atoms with Gasteiger partial charge in [0.1, 0.15) is 0 Å². The first-order valence-electron chi connectivity index (χ1n) is 9.32. The molecule has 0 radical (unpaired) electrons. The smallest absolute Gasteiger partial charge is 0.422 e. The van der Waals surface area contributed by atoms with E-state index in [9.17, 15) is 18.0 Å². The molecule has 0 aromatic carbocycles. The molecule has 0 rings (SSSR count). The predicted octanol–water partition coefficient (Wildman–Crippen LogP) is 6.53. The zero-order chi connectivity index (χ0) is 18.6. The maximum atomic E-state index is 11.9. The highest BCUT2D eigenvalue weighted by molar-refractivity contribution is 5.69. The molecular weight excluding hydrogens is 317 g/mol. The minimum Gasteiger partial charge on any atom is -0.456 e. The molecule has 0 aromatic rings. The van der Waals surface area contributed by atoms with Gasteiger partial charge in [-0.2, -0.15) is 13.2 Å². The van der Waals surface area contributed by atoms with Crippen LogP contribution in [0.15, 0.2) is 0 Å². The number of carbonyl (C=O) groups is 1. The Labute approximate surface area is 145 Å². The molecule has 5 heteroatoms. The second-order valence-corrected chi connectivity index (χ2v) is 7.63. The van der Waals surface area contributed by atoms with Crippen LogP contribution in [0.5, 0.6) is 0 Å². The van der Waals surface area contributed by atoms with Gasteiger partial charge in [-0.3, -0.25) is 4.79 Å². The van der Waals surface area contributed by atoms with Crippen LogP contribution in [0, 0.1) is 17.8 Å². The molecular formula is C19H35F3O2. The second kappa shape index (κ2) is 12.6. The Morgan fingerprint density at radius 2 is 1.29 bits per heavy atom. The quantitative estimate of drug-likeness (QED) is 0.352. The zero-order valence-corrected chi connectivity index (χ0v) is 15.8. The third-order valence-corrected chi connectivity index (χ3v) is 4.35. The standard InChI is InChI=1S/C19H35F3O2/c1-15(2)8-5-9-16(3)10-6-11-17(4)12-7-13-18(23)24-14-19(20,21)22/h15-17H,5-14H2,1-4H3. The summed E-state index contributed by atoms with van der Waals surface area (Å²) in [6.07, 6.45) is 4.52. The Bertz CT molecular complexity index is 327. The molecule has 0 saturated heterocycles. The average Bonchev–Trinajstić information content (AvgIpc) is 2.44. The van der Waals surface area contributed by atoms with E-state index in [-0.39, 0.29) is 6.42 Å². The molecule has 0 heterocycles. The molecule has 0 aromatic heterocycles. The highest BCUT2D eigenvalue weighted by Crippen LogP contribution is 2.21. The lowest BCUT2D eigenvalue weighted by atomic mass is 9.92. The van der Waals surface area contributed by atoms with Crippen LogP contribution in [0.2, 0.25) is 0 Å². The Balaban J connectivity index is 3.59. The molecule has 0 N–H and O–H groups in total. The number of hydrogen-bond acceptors (Lipinski definition) is 2. The van der Waals surface area contributed by atoms with Crippen molar-refractivity contribution in [2.24, 2.45) is 17.8 Å². The van der Waals surface area contributed by atoms with Gasteiger partial charge >= 0.3 is 12.1 Å². The third-order valence-electron chi connectivity index (χ3n) is 4.35. The van der Waals surface area contributed by atoms with Gasteiger partial charge in [0.05, 0.1) is 0 Å². The molecule has 2 atom stereocenters. The fourth-order valence-corrected chi connectivity index (χ4v) is 2.81. The van der Waals surface area contributed by atoms with Gasteiger partial charge in [0.15, 0.2) is 6.61 Å². The van der Waals surface area contributed by atoms with Crippen LogP contribution in [0.1, 0.15) is 85.5 Å². The van der Waals surface area contributed by atoms with Crippen molar-refractivity contribution in [3.8, 4) is 0 Å². The van der Waals surface area contributed by atoms with Gasteiger partial charge in [-0.05, 0) is 24.2 Å². The Kier molecular flexibility index (Phi) is 12.2. The van der Waals surface area contributed by atoms with Gasteiger partial charge < -0.3 is 4.74 Å². The molecule has 0 aliphatic heterocycles. The van der Waals surface area contributed by atoms with Gasteiger partial charge in [-0.25, -0.2) is 0 Å². The summed E-state index contributed by atoms with van der Waals surface area (Å²) in [4.78, 5) is 11.2. The molecule has 0 fully saturated rings. The van der Waals surface area contributed by atoms with Gasteiger partial charge in [0.25, 0.3) is 0 Å². The number of carbonyl (C=O) groups excluding carboxylic acids is 1. The summed E-state index contributed by atoms with van der Waals surface area (Å²) in [6, 6.07) is 0. The van der Waals surface area contributed by atoms with E-state index in [0.29, 0.717) is 12.3 Å². The number of esters is 1. The molecule has 0 amide bonds. The lowest BCUT2D eigenvalue weighted by Gasteiger charge is -2.15. The van der Waals surface area contributed by atoms with Crippen molar-refractivity contribution in [1.29, 1.82) is 0 Å². The van der Waals surface area contributed by atoms with E-state index in [0.717, 1.165) is 24.7 Å². The Hall–Kier alpha value is -0.740. The highest BCUT2D eigenvalue weighted by atomic mass is 19.4. The highest BCUT2D eigenvalue weighted by Gasteiger charge is 2.29. The fraction of sp³-hybridized carbons (Fsp3) is 0.947. The normalized spacial score (nSPS) is 14.7. The van der Waals surface area contributed by atoms with Crippen molar-refractivity contribution in [3.63, 3.8) is 0 Å². The van der Waals surface area contributed by atoms with Crippen LogP contribution in [-0.2, 0) is 9.53 Å². The van der Waals surface area contributed by atoms with E-state index in [1.807, 2.05) is 0 Å². The van der Waals surface area contributed by atoms with E-state index >= 15 is 0 Å². The lowest BCUT2D eigenvalue weighted by Crippen LogP contribution is -2.20. The first-order chi connectivity index (χ1) is 11.1. The van der Waals surface area contributed by atoms with Crippen molar-refractivity contribution in [2.45, 2.75) is 91.7 Å². The van der Waals surface area contributed by atoms with Crippen LogP contribution in [0.25, 0.3) is 0 Å². The Morgan fingerprint density at radius 1 is 0.833 bits per heavy atom. The number of alkyl halides is 3. The maximum absolute atomic E-state index is 11.9. The number of hydrogen-bond donors (Lipinski definition) is 0. The summed E-state index contributed by atoms with van der Waals surface area (Å²) < 4.78 is 39.9. The largest absolute Gasteiger partial charge is 0.456 e. The molecule has 2 unspecified atom stereocenters. The minimum absolute atomic E-state index is 0.0754. The fourth-order valence-electron chi connectivity index (χ4n) is 2.81. The summed E-state index contributed by atoms with van der Waals surface area (Å²) in [7, 11) is 0. The van der Waals surface area contributed by atoms with E-state index < -0.39 is 18.8 Å². The average molecular weight is 352 g/mol. The first kappa shape index (κ1) is 23.3. The minimum atomic E-state index is -4.44. The summed E-state index contributed by atoms with van der Waals surface area (Å²) in [5, 5.41) is 0. The molecule has 0 aliphatic carbocycles. The van der Waals surface area contributed by atoms with Crippen LogP contribution in [-0.4, -0.2) is 18.8 Å². The molecule has 144 valence electrons. The van der Waals surface area contributed by atoms with Crippen LogP contribution in [0.4, 0.5) is 13.2 Å². The molecule has 24 heavy (non-hydrogen) atoms. The van der Waals surface area contributed by atoms with Gasteiger partial charge in [-0.1, -0.05) is 72.6 Å². The van der Waals surface area contributed by atoms with Crippen LogP contribution < -0.4 is 0 Å². The van der Waals surface area contributed by atoms with Gasteiger partial charge in [0, 0.05) is 6.42 Å². The molecule has 0 saturated carbocycles. The van der Waals surface area contributed by atoms with Gasteiger partial charge in [0.2, 0.25) is 0 Å². The molecule has 0 bridgehead atoms. The second-order valence-electron chi connectivity index (χ2n) is 7.63. The number of rotatable bonds is 13. The van der Waals surface area contributed by atoms with Crippen LogP contribution in [0.3, 0.4) is 0 Å². The summed E-state index contributed by atoms with van der Waals surface area (Å²) in [6.45, 7) is 7.48. The number of halogens is 3. The topological polar surface area (TPSA) is 26.3 Å². The van der Waals surface area contributed by atoms with E-state index in [2.05, 4.69) is 32.4 Å². The van der Waals surface area contributed by atoms with Crippen molar-refractivity contribution in [2.75, 3.05) is 6.61 Å².